The van der Waals surface area contributed by atoms with Crippen molar-refractivity contribution in [1.29, 1.82) is 0 Å². The number of methoxy groups -OCH3 is 2. The molecule has 0 aromatic heterocycles. The zero-order chi connectivity index (χ0) is 15.5. The van der Waals surface area contributed by atoms with Gasteiger partial charge >= 0.3 is 0 Å². The van der Waals surface area contributed by atoms with Crippen molar-refractivity contribution in [2.45, 2.75) is 25.7 Å². The van der Waals surface area contributed by atoms with Gasteiger partial charge in [-0.2, -0.15) is 0 Å². The van der Waals surface area contributed by atoms with E-state index in [0.29, 0.717) is 17.5 Å². The summed E-state index contributed by atoms with van der Waals surface area (Å²) < 4.78 is 10.5. The van der Waals surface area contributed by atoms with Crippen LogP contribution in [0.2, 0.25) is 0 Å². The average molecular weight is 303 g/mol. The van der Waals surface area contributed by atoms with Gasteiger partial charge in [0.05, 0.1) is 14.2 Å². The van der Waals surface area contributed by atoms with E-state index in [2.05, 4.69) is 10.3 Å². The van der Waals surface area contributed by atoms with Gasteiger partial charge in [0, 0.05) is 18.3 Å². The highest BCUT2D eigenvalue weighted by Crippen LogP contribution is 2.48. The monoisotopic (exact) mass is 303 g/mol. The summed E-state index contributed by atoms with van der Waals surface area (Å²) in [6.07, 6.45) is 5.54. The van der Waals surface area contributed by atoms with E-state index < -0.39 is 0 Å². The number of guanidine groups is 1. The zero-order valence-electron chi connectivity index (χ0n) is 13.3. The molecule has 5 heteroatoms. The molecule has 0 saturated heterocycles. The van der Waals surface area contributed by atoms with E-state index in [9.17, 15) is 0 Å². The molecule has 22 heavy (non-hydrogen) atoms. The summed E-state index contributed by atoms with van der Waals surface area (Å²) in [5.74, 6) is 4.39. The average Bonchev–Trinajstić information content (AvgIpc) is 3.15. The molecule has 2 bridgehead atoms. The number of anilines is 1. The van der Waals surface area contributed by atoms with Gasteiger partial charge in [-0.05, 0) is 49.1 Å². The molecule has 2 aliphatic carbocycles. The van der Waals surface area contributed by atoms with Crippen LogP contribution in [0, 0.1) is 17.8 Å². The molecule has 0 radical (unpaired) electrons. The van der Waals surface area contributed by atoms with Crippen LogP contribution in [-0.2, 0) is 0 Å². The van der Waals surface area contributed by atoms with Crippen LogP contribution in [0.1, 0.15) is 25.7 Å². The zero-order valence-corrected chi connectivity index (χ0v) is 13.3. The molecule has 1 aromatic rings. The molecule has 0 amide bonds. The fraction of sp³-hybridized carbons (Fsp3) is 0.588. The lowest BCUT2D eigenvalue weighted by Gasteiger charge is -2.19. The maximum Gasteiger partial charge on any atom is 0.193 e. The highest BCUT2D eigenvalue weighted by atomic mass is 16.5. The highest BCUT2D eigenvalue weighted by molar-refractivity contribution is 5.92. The number of nitrogens with two attached hydrogens (primary N) is 1. The maximum absolute atomic E-state index is 6.01. The minimum absolute atomic E-state index is 0.468. The van der Waals surface area contributed by atoms with Crippen LogP contribution in [0.15, 0.2) is 23.2 Å². The van der Waals surface area contributed by atoms with Crippen molar-refractivity contribution in [3.63, 3.8) is 0 Å². The van der Waals surface area contributed by atoms with E-state index in [4.69, 9.17) is 15.2 Å². The van der Waals surface area contributed by atoms with Crippen molar-refractivity contribution >= 4 is 11.6 Å². The van der Waals surface area contributed by atoms with Gasteiger partial charge in [0.25, 0.3) is 0 Å². The lowest BCUT2D eigenvalue weighted by Crippen LogP contribution is -2.24. The number of benzene rings is 1. The first-order valence-electron chi connectivity index (χ1n) is 7.98. The van der Waals surface area contributed by atoms with Crippen LogP contribution in [-0.4, -0.2) is 26.7 Å². The summed E-state index contributed by atoms with van der Waals surface area (Å²) in [6.45, 7) is 0.841. The molecule has 3 unspecified atom stereocenters. The number of ether oxygens (including phenoxy) is 2. The lowest BCUT2D eigenvalue weighted by atomic mass is 9.89. The topological polar surface area (TPSA) is 68.9 Å². The Kier molecular flexibility index (Phi) is 4.41. The number of hydrogen-bond acceptors (Lipinski definition) is 3. The molecule has 0 heterocycles. The Morgan fingerprint density at radius 3 is 2.68 bits per heavy atom. The van der Waals surface area contributed by atoms with Crippen molar-refractivity contribution < 1.29 is 9.47 Å². The van der Waals surface area contributed by atoms with E-state index in [-0.39, 0.29) is 0 Å². The fourth-order valence-electron chi connectivity index (χ4n) is 3.92. The molecule has 2 fully saturated rings. The normalized spacial score (nSPS) is 27.0. The summed E-state index contributed by atoms with van der Waals surface area (Å²) in [4.78, 5) is 4.53. The van der Waals surface area contributed by atoms with E-state index >= 15 is 0 Å². The van der Waals surface area contributed by atoms with Crippen LogP contribution in [0.5, 0.6) is 11.5 Å². The molecule has 1 aromatic carbocycles. The highest BCUT2D eigenvalue weighted by Gasteiger charge is 2.39. The van der Waals surface area contributed by atoms with E-state index in [0.717, 1.165) is 30.0 Å². The molecule has 2 aliphatic rings. The van der Waals surface area contributed by atoms with E-state index in [1.54, 1.807) is 14.2 Å². The van der Waals surface area contributed by atoms with Gasteiger partial charge in [0.1, 0.15) is 0 Å². The number of nitrogens with one attached hydrogen (secondary N) is 1. The standard InChI is InChI=1S/C17H25N3O2/c1-21-15-6-5-14(9-16(15)22-2)20-17(18)19-10-13-8-11-3-4-12(13)7-11/h5-6,9,11-13H,3-4,7-8,10H2,1-2H3,(H3,18,19,20). The molecule has 3 atom stereocenters. The molecule has 2 saturated carbocycles. The Balaban J connectivity index is 1.59. The first-order chi connectivity index (χ1) is 10.7. The third-order valence-electron chi connectivity index (χ3n) is 5.04. The number of aliphatic imine (C=N–C) groups is 1. The SMILES string of the molecule is COc1ccc(NC(N)=NCC2CC3CCC2C3)cc1OC. The van der Waals surface area contributed by atoms with Crippen molar-refractivity contribution in [2.75, 3.05) is 26.1 Å². The molecular formula is C17H25N3O2. The van der Waals surface area contributed by atoms with Crippen molar-refractivity contribution in [1.82, 2.24) is 0 Å². The largest absolute Gasteiger partial charge is 0.493 e. The number of hydrogen-bond donors (Lipinski definition) is 2. The molecule has 0 aliphatic heterocycles. The Hall–Kier alpha value is -1.91. The van der Waals surface area contributed by atoms with Gasteiger partial charge in [-0.3, -0.25) is 4.99 Å². The first-order valence-corrected chi connectivity index (χ1v) is 7.98. The van der Waals surface area contributed by atoms with E-state index in [1.807, 2.05) is 18.2 Å². The first kappa shape index (κ1) is 15.0. The number of fused-ring (bicyclic) bond motifs is 2. The smallest absolute Gasteiger partial charge is 0.193 e. The van der Waals surface area contributed by atoms with Gasteiger partial charge in [-0.25, -0.2) is 0 Å². The second-order valence-corrected chi connectivity index (χ2v) is 6.36. The van der Waals surface area contributed by atoms with Gasteiger partial charge in [-0.1, -0.05) is 6.42 Å². The van der Waals surface area contributed by atoms with Crippen LogP contribution < -0.4 is 20.5 Å². The summed E-state index contributed by atoms with van der Waals surface area (Å²) >= 11 is 0. The van der Waals surface area contributed by atoms with Crippen LogP contribution in [0.3, 0.4) is 0 Å². The number of rotatable bonds is 5. The van der Waals surface area contributed by atoms with Gasteiger partial charge in [0.2, 0.25) is 0 Å². The molecule has 120 valence electrons. The molecule has 5 nitrogen and oxygen atoms in total. The van der Waals surface area contributed by atoms with Crippen molar-refractivity contribution in [3.8, 4) is 11.5 Å². The third kappa shape index (κ3) is 3.13. The fourth-order valence-corrected chi connectivity index (χ4v) is 3.92. The predicted molar refractivity (Wildman–Crippen MR) is 88.6 cm³/mol. The van der Waals surface area contributed by atoms with Crippen LogP contribution in [0.25, 0.3) is 0 Å². The quantitative estimate of drug-likeness (QED) is 0.648. The second-order valence-electron chi connectivity index (χ2n) is 6.36. The van der Waals surface area contributed by atoms with Crippen LogP contribution >= 0.6 is 0 Å². The Bertz CT molecular complexity index is 559. The van der Waals surface area contributed by atoms with Crippen molar-refractivity contribution in [3.05, 3.63) is 18.2 Å². The Morgan fingerprint density at radius 2 is 2.05 bits per heavy atom. The lowest BCUT2D eigenvalue weighted by molar-refractivity contribution is 0.342. The minimum atomic E-state index is 0.468. The summed E-state index contributed by atoms with van der Waals surface area (Å²) in [6, 6.07) is 5.62. The molecule has 3 N–H and O–H groups in total. The summed E-state index contributed by atoms with van der Waals surface area (Å²) in [5.41, 5.74) is 6.86. The molecule has 3 rings (SSSR count). The maximum atomic E-state index is 6.01. The van der Waals surface area contributed by atoms with Crippen molar-refractivity contribution in [2.24, 2.45) is 28.5 Å². The predicted octanol–water partition coefficient (Wildman–Crippen LogP) is 2.87. The summed E-state index contributed by atoms with van der Waals surface area (Å²) in [7, 11) is 3.24. The van der Waals surface area contributed by atoms with Gasteiger partial charge in [-0.15, -0.1) is 0 Å². The molecular weight excluding hydrogens is 278 g/mol. The van der Waals surface area contributed by atoms with E-state index in [1.165, 1.54) is 25.7 Å². The van der Waals surface area contributed by atoms with Gasteiger partial charge < -0.3 is 20.5 Å². The van der Waals surface area contributed by atoms with Gasteiger partial charge in [0.15, 0.2) is 17.5 Å². The Morgan fingerprint density at radius 1 is 1.23 bits per heavy atom. The van der Waals surface area contributed by atoms with Crippen LogP contribution in [0.4, 0.5) is 5.69 Å². The second kappa shape index (κ2) is 6.46. The molecule has 0 spiro atoms. The number of nitrogens with zero attached hydrogens (tertiary/aromatic N) is 1. The minimum Gasteiger partial charge on any atom is -0.493 e. The summed E-state index contributed by atoms with van der Waals surface area (Å²) in [5, 5.41) is 3.13. The Labute approximate surface area is 131 Å². The third-order valence-corrected chi connectivity index (χ3v) is 5.04.